The molecule has 0 spiro atoms. The fourth-order valence-corrected chi connectivity index (χ4v) is 2.69. The van der Waals surface area contributed by atoms with Crippen LogP contribution >= 0.6 is 0 Å². The van der Waals surface area contributed by atoms with Gasteiger partial charge < -0.3 is 9.88 Å². The van der Waals surface area contributed by atoms with E-state index in [4.69, 9.17) is 0 Å². The van der Waals surface area contributed by atoms with Gasteiger partial charge in [0.05, 0.1) is 0 Å². The fourth-order valence-electron chi connectivity index (χ4n) is 2.69. The monoisotopic (exact) mass is 276 g/mol. The van der Waals surface area contributed by atoms with Gasteiger partial charge in [-0.3, -0.25) is 0 Å². The quantitative estimate of drug-likeness (QED) is 0.884. The Kier molecular flexibility index (Phi) is 3.57. The maximum Gasteiger partial charge on any atom is 0.159 e. The van der Waals surface area contributed by atoms with Crippen LogP contribution in [0.15, 0.2) is 36.7 Å². The zero-order chi connectivity index (χ0) is 14.1. The molecule has 1 heterocycles. The lowest BCUT2D eigenvalue weighted by molar-refractivity contribution is 0.506. The third-order valence-corrected chi connectivity index (χ3v) is 3.89. The first-order valence-electron chi connectivity index (χ1n) is 6.94. The molecular weight excluding hydrogens is 258 g/mol. The summed E-state index contributed by atoms with van der Waals surface area (Å²) in [7, 11) is 1.98. The second-order valence-electron chi connectivity index (χ2n) is 5.47. The Labute approximate surface area is 117 Å². The average Bonchev–Trinajstić information content (AvgIpc) is 3.16. The number of rotatable bonds is 5. The van der Waals surface area contributed by atoms with Crippen molar-refractivity contribution in [2.45, 2.75) is 25.4 Å². The number of hydrogen-bond acceptors (Lipinski definition) is 1. The van der Waals surface area contributed by atoms with Crippen molar-refractivity contribution in [2.75, 3.05) is 7.05 Å². The van der Waals surface area contributed by atoms with Crippen molar-refractivity contribution >= 4 is 0 Å². The lowest BCUT2D eigenvalue weighted by Gasteiger charge is -2.13. The highest BCUT2D eigenvalue weighted by Gasteiger charge is 2.31. The van der Waals surface area contributed by atoms with E-state index in [1.807, 2.05) is 17.8 Å². The van der Waals surface area contributed by atoms with E-state index in [0.717, 1.165) is 11.5 Å². The smallest absolute Gasteiger partial charge is 0.159 e. The fraction of sp³-hybridized carbons (Fsp3) is 0.375. The zero-order valence-corrected chi connectivity index (χ0v) is 11.4. The van der Waals surface area contributed by atoms with E-state index in [-0.39, 0.29) is 0 Å². The minimum atomic E-state index is -0.800. The molecule has 1 unspecified atom stereocenters. The predicted molar refractivity (Wildman–Crippen MR) is 74.4 cm³/mol. The van der Waals surface area contributed by atoms with Gasteiger partial charge >= 0.3 is 0 Å². The highest BCUT2D eigenvalue weighted by molar-refractivity contribution is 5.22. The summed E-state index contributed by atoms with van der Waals surface area (Å²) in [6.45, 7) is 0.554. The third-order valence-electron chi connectivity index (χ3n) is 3.89. The maximum absolute atomic E-state index is 13.2. The van der Waals surface area contributed by atoms with Gasteiger partial charge in [-0.1, -0.05) is 6.07 Å². The maximum atomic E-state index is 13.2. The van der Waals surface area contributed by atoms with Gasteiger partial charge in [-0.2, -0.15) is 0 Å². The van der Waals surface area contributed by atoms with Crippen molar-refractivity contribution in [2.24, 2.45) is 5.92 Å². The van der Waals surface area contributed by atoms with E-state index in [2.05, 4.69) is 17.6 Å². The Morgan fingerprint density at radius 1 is 1.25 bits per heavy atom. The summed E-state index contributed by atoms with van der Waals surface area (Å²) in [5.41, 5.74) is 2.02. The van der Waals surface area contributed by atoms with E-state index < -0.39 is 11.6 Å². The summed E-state index contributed by atoms with van der Waals surface area (Å²) in [6.07, 6.45) is 6.63. The van der Waals surface area contributed by atoms with Crippen LogP contribution in [0.3, 0.4) is 0 Å². The van der Waals surface area contributed by atoms with Gasteiger partial charge in [0.15, 0.2) is 11.6 Å². The van der Waals surface area contributed by atoms with Crippen molar-refractivity contribution in [3.8, 4) is 0 Å². The number of halogens is 2. The Morgan fingerprint density at radius 3 is 2.70 bits per heavy atom. The van der Waals surface area contributed by atoms with Gasteiger partial charge in [0.1, 0.15) is 0 Å². The van der Waals surface area contributed by atoms with Gasteiger partial charge in [-0.05, 0) is 55.1 Å². The van der Waals surface area contributed by atoms with Crippen LogP contribution in [0, 0.1) is 17.6 Å². The van der Waals surface area contributed by atoms with Crippen molar-refractivity contribution in [3.05, 3.63) is 59.4 Å². The van der Waals surface area contributed by atoms with Crippen LogP contribution in [-0.4, -0.2) is 11.6 Å². The van der Waals surface area contributed by atoms with Crippen LogP contribution in [0.5, 0.6) is 0 Å². The molecule has 3 rings (SSSR count). The third kappa shape index (κ3) is 2.75. The molecule has 0 aliphatic heterocycles. The van der Waals surface area contributed by atoms with E-state index >= 15 is 0 Å². The normalized spacial score (nSPS) is 16.4. The molecule has 1 aliphatic carbocycles. The first kappa shape index (κ1) is 13.3. The molecule has 2 aromatic rings. The van der Waals surface area contributed by atoms with Gasteiger partial charge in [0, 0.05) is 25.0 Å². The Hall–Kier alpha value is -1.68. The minimum absolute atomic E-state index is 0.404. The van der Waals surface area contributed by atoms with Crippen LogP contribution in [0.25, 0.3) is 0 Å². The van der Waals surface area contributed by atoms with Crippen molar-refractivity contribution < 1.29 is 8.78 Å². The molecule has 1 aromatic carbocycles. The molecule has 1 N–H and O–H groups in total. The molecular formula is C16H18F2N2. The first-order chi connectivity index (χ1) is 9.67. The Bertz CT molecular complexity index is 602. The van der Waals surface area contributed by atoms with Gasteiger partial charge in [-0.15, -0.1) is 0 Å². The summed E-state index contributed by atoms with van der Waals surface area (Å²) >= 11 is 0. The first-order valence-corrected chi connectivity index (χ1v) is 6.94. The Balaban J connectivity index is 1.74. The summed E-state index contributed by atoms with van der Waals surface area (Å²) in [4.78, 5) is 0. The lowest BCUT2D eigenvalue weighted by Crippen LogP contribution is -2.17. The van der Waals surface area contributed by atoms with E-state index in [0.29, 0.717) is 12.6 Å². The lowest BCUT2D eigenvalue weighted by atomic mass is 10.1. The van der Waals surface area contributed by atoms with Crippen molar-refractivity contribution in [1.29, 1.82) is 0 Å². The van der Waals surface area contributed by atoms with Crippen LogP contribution in [0.2, 0.25) is 0 Å². The molecule has 4 heteroatoms. The molecule has 106 valence electrons. The highest BCUT2D eigenvalue weighted by Crippen LogP contribution is 2.40. The number of nitrogens with zero attached hydrogens (tertiary/aromatic N) is 1. The SMILES string of the molecule is CNC(c1ccn(Cc2ccc(F)c(F)c2)c1)C1CC1. The number of aromatic nitrogens is 1. The molecule has 1 aromatic heterocycles. The molecule has 1 saturated carbocycles. The second kappa shape index (κ2) is 5.37. The zero-order valence-electron chi connectivity index (χ0n) is 11.4. The molecule has 2 nitrogen and oxygen atoms in total. The summed E-state index contributed by atoms with van der Waals surface area (Å²) < 4.78 is 28.1. The molecule has 20 heavy (non-hydrogen) atoms. The van der Waals surface area contributed by atoms with Crippen LogP contribution in [-0.2, 0) is 6.54 Å². The number of nitrogens with one attached hydrogen (secondary N) is 1. The largest absolute Gasteiger partial charge is 0.350 e. The summed E-state index contributed by atoms with van der Waals surface area (Å²) in [5, 5.41) is 3.35. The van der Waals surface area contributed by atoms with E-state index in [1.165, 1.54) is 30.5 Å². The number of hydrogen-bond donors (Lipinski definition) is 1. The second-order valence-corrected chi connectivity index (χ2v) is 5.47. The molecule has 1 fully saturated rings. The van der Waals surface area contributed by atoms with Gasteiger partial charge in [0.2, 0.25) is 0 Å². The number of benzene rings is 1. The average molecular weight is 276 g/mol. The van der Waals surface area contributed by atoms with E-state index in [1.54, 1.807) is 6.07 Å². The molecule has 0 bridgehead atoms. The van der Waals surface area contributed by atoms with Gasteiger partial charge in [0.25, 0.3) is 0 Å². The van der Waals surface area contributed by atoms with Crippen molar-refractivity contribution in [3.63, 3.8) is 0 Å². The van der Waals surface area contributed by atoms with Crippen LogP contribution in [0.1, 0.15) is 30.0 Å². The molecule has 0 radical (unpaired) electrons. The van der Waals surface area contributed by atoms with Crippen LogP contribution < -0.4 is 5.32 Å². The van der Waals surface area contributed by atoms with E-state index in [9.17, 15) is 8.78 Å². The van der Waals surface area contributed by atoms with Crippen molar-refractivity contribution in [1.82, 2.24) is 9.88 Å². The standard InChI is InChI=1S/C16H18F2N2/c1-19-16(12-3-4-12)13-6-7-20(10-13)9-11-2-5-14(17)15(18)8-11/h2,5-8,10,12,16,19H,3-4,9H2,1H3. The minimum Gasteiger partial charge on any atom is -0.350 e. The Morgan fingerprint density at radius 2 is 2.05 bits per heavy atom. The highest BCUT2D eigenvalue weighted by atomic mass is 19.2. The van der Waals surface area contributed by atoms with Gasteiger partial charge in [-0.25, -0.2) is 8.78 Å². The molecule has 1 aliphatic rings. The predicted octanol–water partition coefficient (Wildman–Crippen LogP) is 3.49. The summed E-state index contributed by atoms with van der Waals surface area (Å²) in [6, 6.07) is 6.55. The molecule has 0 saturated heterocycles. The topological polar surface area (TPSA) is 17.0 Å². The summed E-state index contributed by atoms with van der Waals surface area (Å²) in [5.74, 6) is -0.856. The molecule has 1 atom stereocenters. The van der Waals surface area contributed by atoms with Crippen LogP contribution in [0.4, 0.5) is 8.78 Å². The molecule has 0 amide bonds.